The van der Waals surface area contributed by atoms with Crippen LogP contribution in [0.5, 0.6) is 0 Å². The zero-order chi connectivity index (χ0) is 6.69. The zero-order valence-corrected chi connectivity index (χ0v) is 7.58. The van der Waals surface area contributed by atoms with Crippen LogP contribution >= 0.6 is 12.4 Å². The summed E-state index contributed by atoms with van der Waals surface area (Å²) in [6.45, 7) is 2.43. The molecule has 0 bridgehead atoms. The largest absolute Gasteiger partial charge is 0.318 e. The number of likely N-dealkylation sites (N-methyl/N-ethyl adjacent to an activating group) is 2. The summed E-state index contributed by atoms with van der Waals surface area (Å²) in [5.74, 6) is 0. The van der Waals surface area contributed by atoms with Crippen molar-refractivity contribution in [2.24, 2.45) is 0 Å². The number of nitrogens with one attached hydrogen (secondary N) is 1. The smallest absolute Gasteiger partial charge is 0.0217 e. The van der Waals surface area contributed by atoms with Gasteiger partial charge in [-0.15, -0.1) is 12.4 Å². The predicted octanol–water partition coefficient (Wildman–Crippen LogP) is 0.722. The molecular formula is C7H17ClN2. The minimum Gasteiger partial charge on any atom is -0.318 e. The summed E-state index contributed by atoms with van der Waals surface area (Å²) in [7, 11) is 4.22. The summed E-state index contributed by atoms with van der Waals surface area (Å²) in [5, 5.41) is 3.20. The van der Waals surface area contributed by atoms with Crippen LogP contribution in [0, 0.1) is 0 Å². The molecule has 0 radical (unpaired) electrons. The first-order valence-electron chi connectivity index (χ1n) is 3.69. The molecule has 1 fully saturated rings. The molecule has 3 heteroatoms. The summed E-state index contributed by atoms with van der Waals surface area (Å²) >= 11 is 0. The van der Waals surface area contributed by atoms with Crippen molar-refractivity contribution in [2.45, 2.75) is 18.9 Å². The molecule has 0 aromatic carbocycles. The first-order valence-corrected chi connectivity index (χ1v) is 3.69. The molecule has 0 amide bonds. The average molecular weight is 165 g/mol. The van der Waals surface area contributed by atoms with Gasteiger partial charge in [0, 0.05) is 12.6 Å². The van der Waals surface area contributed by atoms with Crippen molar-refractivity contribution in [3.8, 4) is 0 Å². The van der Waals surface area contributed by atoms with Gasteiger partial charge >= 0.3 is 0 Å². The van der Waals surface area contributed by atoms with E-state index in [0.717, 1.165) is 12.6 Å². The van der Waals surface area contributed by atoms with Crippen molar-refractivity contribution in [3.63, 3.8) is 0 Å². The predicted molar refractivity (Wildman–Crippen MR) is 46.8 cm³/mol. The monoisotopic (exact) mass is 164 g/mol. The molecule has 1 atom stereocenters. The van der Waals surface area contributed by atoms with Crippen molar-refractivity contribution >= 4 is 12.4 Å². The average Bonchev–Trinajstić information content (AvgIpc) is 2.18. The molecule has 1 saturated heterocycles. The molecule has 1 N–H and O–H groups in total. The standard InChI is InChI=1S/C7H16N2.ClH/c1-8-6-7-4-3-5-9(7)2;/h7-8H,3-6H2,1-2H3;1H/t7-;/m1./s1. The van der Waals surface area contributed by atoms with Crippen LogP contribution in [0.15, 0.2) is 0 Å². The van der Waals surface area contributed by atoms with Gasteiger partial charge in [-0.05, 0) is 33.5 Å². The Bertz CT molecular complexity index is 87.7. The Morgan fingerprint density at radius 1 is 1.60 bits per heavy atom. The highest BCUT2D eigenvalue weighted by Crippen LogP contribution is 2.12. The van der Waals surface area contributed by atoms with Gasteiger partial charge in [-0.3, -0.25) is 0 Å². The SMILES string of the molecule is CNC[C@H]1CCCN1C.Cl. The second-order valence-electron chi connectivity index (χ2n) is 2.83. The van der Waals surface area contributed by atoms with Gasteiger partial charge in [0.1, 0.15) is 0 Å². The third-order valence-corrected chi connectivity index (χ3v) is 2.11. The minimum atomic E-state index is 0. The molecule has 0 spiro atoms. The molecule has 0 saturated carbocycles. The molecule has 0 aromatic rings. The van der Waals surface area contributed by atoms with Crippen LogP contribution in [0.2, 0.25) is 0 Å². The molecule has 1 aliphatic heterocycles. The highest BCUT2D eigenvalue weighted by molar-refractivity contribution is 5.85. The number of hydrogen-bond acceptors (Lipinski definition) is 2. The molecule has 1 heterocycles. The fraction of sp³-hybridized carbons (Fsp3) is 1.00. The van der Waals surface area contributed by atoms with Gasteiger partial charge in [0.25, 0.3) is 0 Å². The zero-order valence-electron chi connectivity index (χ0n) is 6.76. The molecule has 1 rings (SSSR count). The van der Waals surface area contributed by atoms with Crippen LogP contribution in [-0.4, -0.2) is 38.1 Å². The van der Waals surface area contributed by atoms with E-state index in [-0.39, 0.29) is 12.4 Å². The van der Waals surface area contributed by atoms with E-state index < -0.39 is 0 Å². The Morgan fingerprint density at radius 2 is 2.30 bits per heavy atom. The third-order valence-electron chi connectivity index (χ3n) is 2.11. The lowest BCUT2D eigenvalue weighted by Crippen LogP contribution is -2.33. The molecule has 0 aromatic heterocycles. The maximum Gasteiger partial charge on any atom is 0.0217 e. The number of rotatable bonds is 2. The Labute approximate surface area is 69.4 Å². The van der Waals surface area contributed by atoms with Gasteiger partial charge in [0.15, 0.2) is 0 Å². The van der Waals surface area contributed by atoms with Crippen molar-refractivity contribution in [1.29, 1.82) is 0 Å². The summed E-state index contributed by atoms with van der Waals surface area (Å²) in [5.41, 5.74) is 0. The first-order chi connectivity index (χ1) is 4.34. The molecule has 1 aliphatic rings. The van der Waals surface area contributed by atoms with Crippen LogP contribution in [0.3, 0.4) is 0 Å². The number of halogens is 1. The number of likely N-dealkylation sites (tertiary alicyclic amines) is 1. The molecule has 10 heavy (non-hydrogen) atoms. The lowest BCUT2D eigenvalue weighted by atomic mass is 10.2. The van der Waals surface area contributed by atoms with E-state index in [2.05, 4.69) is 17.3 Å². The van der Waals surface area contributed by atoms with E-state index in [9.17, 15) is 0 Å². The highest BCUT2D eigenvalue weighted by Gasteiger charge is 2.18. The van der Waals surface area contributed by atoms with Crippen LogP contribution in [0.1, 0.15) is 12.8 Å². The fourth-order valence-electron chi connectivity index (χ4n) is 1.47. The van der Waals surface area contributed by atoms with Crippen LogP contribution in [0.4, 0.5) is 0 Å². The third kappa shape index (κ3) is 2.45. The Balaban J connectivity index is 0.000000810. The molecule has 62 valence electrons. The molecular weight excluding hydrogens is 148 g/mol. The van der Waals surface area contributed by atoms with Gasteiger partial charge < -0.3 is 10.2 Å². The minimum absolute atomic E-state index is 0. The summed E-state index contributed by atoms with van der Waals surface area (Å²) in [4.78, 5) is 2.43. The summed E-state index contributed by atoms with van der Waals surface area (Å²) in [6, 6.07) is 0.801. The Morgan fingerprint density at radius 3 is 2.70 bits per heavy atom. The van der Waals surface area contributed by atoms with Crippen LogP contribution in [-0.2, 0) is 0 Å². The van der Waals surface area contributed by atoms with Crippen molar-refractivity contribution in [2.75, 3.05) is 27.2 Å². The number of nitrogens with zero attached hydrogens (tertiary/aromatic N) is 1. The van der Waals surface area contributed by atoms with E-state index >= 15 is 0 Å². The van der Waals surface area contributed by atoms with Gasteiger partial charge in [-0.1, -0.05) is 0 Å². The maximum atomic E-state index is 3.20. The van der Waals surface area contributed by atoms with E-state index in [1.165, 1.54) is 19.4 Å². The van der Waals surface area contributed by atoms with Gasteiger partial charge in [-0.2, -0.15) is 0 Å². The quantitative estimate of drug-likeness (QED) is 0.647. The van der Waals surface area contributed by atoms with E-state index in [0.29, 0.717) is 0 Å². The van der Waals surface area contributed by atoms with Crippen molar-refractivity contribution < 1.29 is 0 Å². The van der Waals surface area contributed by atoms with Crippen molar-refractivity contribution in [3.05, 3.63) is 0 Å². The second-order valence-corrected chi connectivity index (χ2v) is 2.83. The summed E-state index contributed by atoms with van der Waals surface area (Å²) < 4.78 is 0. The summed E-state index contributed by atoms with van der Waals surface area (Å²) in [6.07, 6.45) is 2.75. The fourth-order valence-corrected chi connectivity index (χ4v) is 1.47. The van der Waals surface area contributed by atoms with Crippen LogP contribution in [0.25, 0.3) is 0 Å². The molecule has 0 aliphatic carbocycles. The Hall–Kier alpha value is 0.210. The van der Waals surface area contributed by atoms with Gasteiger partial charge in [0.05, 0.1) is 0 Å². The topological polar surface area (TPSA) is 15.3 Å². The maximum absolute atomic E-state index is 3.20. The van der Waals surface area contributed by atoms with E-state index in [1.807, 2.05) is 7.05 Å². The normalized spacial score (nSPS) is 26.4. The lowest BCUT2D eigenvalue weighted by molar-refractivity contribution is 0.305. The highest BCUT2D eigenvalue weighted by atomic mass is 35.5. The molecule has 2 nitrogen and oxygen atoms in total. The lowest BCUT2D eigenvalue weighted by Gasteiger charge is -2.18. The van der Waals surface area contributed by atoms with Crippen LogP contribution < -0.4 is 5.32 Å². The van der Waals surface area contributed by atoms with E-state index in [1.54, 1.807) is 0 Å². The first kappa shape index (κ1) is 10.2. The second kappa shape index (κ2) is 4.94. The molecule has 0 unspecified atom stereocenters. The Kier molecular flexibility index (Phi) is 5.04. The van der Waals surface area contributed by atoms with E-state index in [4.69, 9.17) is 0 Å². The van der Waals surface area contributed by atoms with Gasteiger partial charge in [-0.25, -0.2) is 0 Å². The van der Waals surface area contributed by atoms with Crippen molar-refractivity contribution in [1.82, 2.24) is 10.2 Å². The van der Waals surface area contributed by atoms with Gasteiger partial charge in [0.2, 0.25) is 0 Å². The number of hydrogen-bond donors (Lipinski definition) is 1.